The number of thiocarbonyl (C=S) groups is 1. The standard InChI is InChI=1S/C28H19Cl2N3O3S/c29-22-11-5-10-21(25(22)30)27-32-23-15-19(12-13-24(23)36-27)31-28(37)33-26(34)18-8-4-9-20(14-18)35-16-17-6-2-1-3-7-17/h1-15H,16H2,(H2,31,33,34,37). The van der Waals surface area contributed by atoms with Gasteiger partial charge in [0.05, 0.1) is 15.6 Å². The fourth-order valence-corrected chi connectivity index (χ4v) is 4.19. The number of nitrogens with zero attached hydrogens (tertiary/aromatic N) is 1. The summed E-state index contributed by atoms with van der Waals surface area (Å²) >= 11 is 17.8. The first kappa shape index (κ1) is 24.8. The predicted molar refractivity (Wildman–Crippen MR) is 150 cm³/mol. The molecule has 5 aromatic rings. The molecule has 5 rings (SSSR count). The van der Waals surface area contributed by atoms with Gasteiger partial charge in [0, 0.05) is 11.3 Å². The van der Waals surface area contributed by atoms with Gasteiger partial charge in [0.2, 0.25) is 5.89 Å². The molecule has 37 heavy (non-hydrogen) atoms. The molecule has 0 fully saturated rings. The average Bonchev–Trinajstić information content (AvgIpc) is 3.33. The summed E-state index contributed by atoms with van der Waals surface area (Å²) < 4.78 is 11.6. The lowest BCUT2D eigenvalue weighted by molar-refractivity contribution is 0.0977. The lowest BCUT2D eigenvalue weighted by Crippen LogP contribution is -2.34. The highest BCUT2D eigenvalue weighted by molar-refractivity contribution is 7.80. The average molecular weight is 548 g/mol. The molecule has 0 saturated carbocycles. The number of aromatic nitrogens is 1. The maximum atomic E-state index is 12.8. The number of nitrogens with one attached hydrogen (secondary N) is 2. The summed E-state index contributed by atoms with van der Waals surface area (Å²) in [6.45, 7) is 0.404. The van der Waals surface area contributed by atoms with Crippen LogP contribution in [0.15, 0.2) is 95.4 Å². The number of carbonyl (C=O) groups is 1. The van der Waals surface area contributed by atoms with Crippen LogP contribution in [0.1, 0.15) is 15.9 Å². The minimum absolute atomic E-state index is 0.140. The molecular formula is C28H19Cl2N3O3S. The van der Waals surface area contributed by atoms with Crippen molar-refractivity contribution in [1.29, 1.82) is 0 Å². The molecule has 0 radical (unpaired) electrons. The Kier molecular flexibility index (Phi) is 7.37. The number of halogens is 2. The van der Waals surface area contributed by atoms with E-state index in [4.69, 9.17) is 44.6 Å². The van der Waals surface area contributed by atoms with Gasteiger partial charge < -0.3 is 14.5 Å². The number of ether oxygens (including phenoxy) is 1. The van der Waals surface area contributed by atoms with E-state index in [1.807, 2.05) is 30.3 Å². The number of rotatable bonds is 6. The Hall–Kier alpha value is -3.91. The predicted octanol–water partition coefficient (Wildman–Crippen LogP) is 7.51. The molecule has 6 nitrogen and oxygen atoms in total. The summed E-state index contributed by atoms with van der Waals surface area (Å²) in [6.07, 6.45) is 0. The maximum Gasteiger partial charge on any atom is 0.257 e. The third kappa shape index (κ3) is 5.91. The zero-order valence-electron chi connectivity index (χ0n) is 19.2. The van der Waals surface area contributed by atoms with E-state index in [1.165, 1.54) is 0 Å². The smallest absolute Gasteiger partial charge is 0.257 e. The highest BCUT2D eigenvalue weighted by Gasteiger charge is 2.15. The first-order valence-corrected chi connectivity index (χ1v) is 12.4. The number of benzene rings is 4. The van der Waals surface area contributed by atoms with Crippen molar-refractivity contribution in [2.24, 2.45) is 0 Å². The van der Waals surface area contributed by atoms with Crippen molar-refractivity contribution in [2.75, 3.05) is 5.32 Å². The Labute approximate surface area is 228 Å². The van der Waals surface area contributed by atoms with Crippen LogP contribution in [0.5, 0.6) is 5.75 Å². The van der Waals surface area contributed by atoms with Crippen molar-refractivity contribution >= 4 is 63.2 Å². The Morgan fingerprint density at radius 2 is 1.76 bits per heavy atom. The molecule has 4 aromatic carbocycles. The van der Waals surface area contributed by atoms with Gasteiger partial charge >= 0.3 is 0 Å². The van der Waals surface area contributed by atoms with Crippen molar-refractivity contribution in [3.63, 3.8) is 0 Å². The van der Waals surface area contributed by atoms with Crippen molar-refractivity contribution < 1.29 is 13.9 Å². The summed E-state index contributed by atoms with van der Waals surface area (Å²) in [4.78, 5) is 17.3. The van der Waals surface area contributed by atoms with Gasteiger partial charge in [0.15, 0.2) is 10.7 Å². The van der Waals surface area contributed by atoms with Crippen LogP contribution in [-0.4, -0.2) is 16.0 Å². The normalized spacial score (nSPS) is 10.8. The van der Waals surface area contributed by atoms with E-state index in [1.54, 1.807) is 60.7 Å². The molecule has 1 aromatic heterocycles. The fourth-order valence-electron chi connectivity index (χ4n) is 3.60. The molecule has 0 spiro atoms. The summed E-state index contributed by atoms with van der Waals surface area (Å²) in [5.41, 5.74) is 3.85. The Morgan fingerprint density at radius 1 is 0.946 bits per heavy atom. The molecule has 0 aliphatic heterocycles. The zero-order valence-corrected chi connectivity index (χ0v) is 21.5. The van der Waals surface area contributed by atoms with Crippen LogP contribution < -0.4 is 15.4 Å². The van der Waals surface area contributed by atoms with Crippen LogP contribution in [0.25, 0.3) is 22.6 Å². The molecule has 0 saturated heterocycles. The molecule has 2 N–H and O–H groups in total. The zero-order chi connectivity index (χ0) is 25.8. The number of hydrogen-bond acceptors (Lipinski definition) is 5. The minimum Gasteiger partial charge on any atom is -0.489 e. The van der Waals surface area contributed by atoms with E-state index < -0.39 is 0 Å². The first-order valence-electron chi connectivity index (χ1n) is 11.2. The van der Waals surface area contributed by atoms with Gasteiger partial charge in [-0.3, -0.25) is 10.1 Å². The number of hydrogen-bond donors (Lipinski definition) is 2. The van der Waals surface area contributed by atoms with Gasteiger partial charge in [-0.15, -0.1) is 0 Å². The van der Waals surface area contributed by atoms with Gasteiger partial charge in [0.1, 0.15) is 17.9 Å². The highest BCUT2D eigenvalue weighted by Crippen LogP contribution is 2.34. The van der Waals surface area contributed by atoms with Crippen LogP contribution in [0, 0.1) is 0 Å². The van der Waals surface area contributed by atoms with Crippen molar-refractivity contribution in [2.45, 2.75) is 6.61 Å². The molecule has 0 atom stereocenters. The lowest BCUT2D eigenvalue weighted by atomic mass is 10.2. The second kappa shape index (κ2) is 11.0. The number of fused-ring (bicyclic) bond motifs is 1. The van der Waals surface area contributed by atoms with Gasteiger partial charge in [-0.2, -0.15) is 0 Å². The van der Waals surface area contributed by atoms with E-state index in [0.29, 0.717) is 56.2 Å². The van der Waals surface area contributed by atoms with E-state index in [0.717, 1.165) is 5.56 Å². The van der Waals surface area contributed by atoms with E-state index in [2.05, 4.69) is 15.6 Å². The monoisotopic (exact) mass is 547 g/mol. The molecule has 0 aliphatic carbocycles. The van der Waals surface area contributed by atoms with Crippen LogP contribution in [0.4, 0.5) is 5.69 Å². The van der Waals surface area contributed by atoms with Crippen molar-refractivity contribution in [1.82, 2.24) is 10.3 Å². The van der Waals surface area contributed by atoms with Gasteiger partial charge in [0.25, 0.3) is 5.91 Å². The molecule has 9 heteroatoms. The van der Waals surface area contributed by atoms with Gasteiger partial charge in [-0.25, -0.2) is 4.98 Å². The number of anilines is 1. The molecule has 0 unspecified atom stereocenters. The third-order valence-electron chi connectivity index (χ3n) is 5.40. The van der Waals surface area contributed by atoms with Crippen LogP contribution in [-0.2, 0) is 6.61 Å². The van der Waals surface area contributed by atoms with Crippen LogP contribution in [0.3, 0.4) is 0 Å². The lowest BCUT2D eigenvalue weighted by Gasteiger charge is -2.11. The summed E-state index contributed by atoms with van der Waals surface area (Å²) in [5.74, 6) is 0.579. The van der Waals surface area contributed by atoms with E-state index >= 15 is 0 Å². The second-order valence-electron chi connectivity index (χ2n) is 8.01. The van der Waals surface area contributed by atoms with E-state index in [-0.39, 0.29) is 11.0 Å². The molecule has 1 amide bonds. The van der Waals surface area contributed by atoms with E-state index in [9.17, 15) is 4.79 Å². The van der Waals surface area contributed by atoms with Gasteiger partial charge in [-0.1, -0.05) is 65.7 Å². The highest BCUT2D eigenvalue weighted by atomic mass is 35.5. The quantitative estimate of drug-likeness (QED) is 0.214. The van der Waals surface area contributed by atoms with Crippen LogP contribution >= 0.6 is 35.4 Å². The third-order valence-corrected chi connectivity index (χ3v) is 6.42. The van der Waals surface area contributed by atoms with Crippen molar-refractivity contribution in [3.05, 3.63) is 112 Å². The number of carbonyl (C=O) groups excluding carboxylic acids is 1. The number of amides is 1. The second-order valence-corrected chi connectivity index (χ2v) is 9.21. The first-order chi connectivity index (χ1) is 18.0. The fraction of sp³-hybridized carbons (Fsp3) is 0.0357. The number of oxazole rings is 1. The summed E-state index contributed by atoms with van der Waals surface area (Å²) in [7, 11) is 0. The summed E-state index contributed by atoms with van der Waals surface area (Å²) in [5, 5.41) is 6.62. The molecule has 0 bridgehead atoms. The Morgan fingerprint density at radius 3 is 2.59 bits per heavy atom. The Bertz CT molecular complexity index is 1610. The SMILES string of the molecule is O=C(NC(=S)Nc1ccc2oc(-c3cccc(Cl)c3Cl)nc2c1)c1cccc(OCc2ccccc2)c1. The van der Waals surface area contributed by atoms with Gasteiger partial charge in [-0.05, 0) is 66.3 Å². The minimum atomic E-state index is -0.358. The Balaban J connectivity index is 1.23. The molecule has 184 valence electrons. The molecular weight excluding hydrogens is 529 g/mol. The molecule has 1 heterocycles. The van der Waals surface area contributed by atoms with Crippen molar-refractivity contribution in [3.8, 4) is 17.2 Å². The molecule has 0 aliphatic rings. The maximum absolute atomic E-state index is 12.8. The largest absolute Gasteiger partial charge is 0.489 e. The summed E-state index contributed by atoms with van der Waals surface area (Å²) in [6, 6.07) is 27.3. The van der Waals surface area contributed by atoms with Crippen LogP contribution in [0.2, 0.25) is 10.0 Å². The topological polar surface area (TPSA) is 76.4 Å².